The largest absolute Gasteiger partial charge is 0.273 e. The number of hydrogen-bond acceptors (Lipinski definition) is 2. The first-order valence-electron chi connectivity index (χ1n) is 4.22. The fourth-order valence-electron chi connectivity index (χ4n) is 1.01. The zero-order chi connectivity index (χ0) is 8.97. The summed E-state index contributed by atoms with van der Waals surface area (Å²) in [5.41, 5.74) is 1.13. The first kappa shape index (κ1) is 9.59. The molecule has 0 saturated heterocycles. The Morgan fingerprint density at radius 2 is 2.42 bits per heavy atom. The predicted octanol–water partition coefficient (Wildman–Crippen LogP) is 2.46. The van der Waals surface area contributed by atoms with Crippen molar-refractivity contribution < 1.29 is 0 Å². The molecular weight excluding hydrogens is 172 g/mol. The van der Waals surface area contributed by atoms with E-state index in [0.717, 1.165) is 18.0 Å². The lowest BCUT2D eigenvalue weighted by molar-refractivity contribution is 0.380. The van der Waals surface area contributed by atoms with Crippen LogP contribution in [0, 0.1) is 5.92 Å². The van der Waals surface area contributed by atoms with E-state index in [2.05, 4.69) is 11.8 Å². The van der Waals surface area contributed by atoms with Gasteiger partial charge in [-0.2, -0.15) is 5.10 Å². The van der Waals surface area contributed by atoms with E-state index in [1.54, 1.807) is 0 Å². The molecule has 0 aromatic rings. The third-order valence-electron chi connectivity index (χ3n) is 1.90. The Hall–Kier alpha value is -0.500. The number of rotatable bonds is 5. The highest BCUT2D eigenvalue weighted by Crippen LogP contribution is 2.29. The maximum Gasteiger partial charge on any atom is 0.0448 e. The third kappa shape index (κ3) is 3.26. The second kappa shape index (κ2) is 4.51. The number of allylic oxidation sites excluding steroid dienone is 1. The minimum Gasteiger partial charge on any atom is -0.273 e. The van der Waals surface area contributed by atoms with E-state index in [1.807, 2.05) is 18.1 Å². The van der Waals surface area contributed by atoms with Gasteiger partial charge in [-0.05, 0) is 31.3 Å². The van der Waals surface area contributed by atoms with Crippen LogP contribution in [-0.2, 0) is 0 Å². The number of alkyl halides is 1. The van der Waals surface area contributed by atoms with Crippen molar-refractivity contribution >= 4 is 18.3 Å². The molecule has 0 bridgehead atoms. The molecule has 0 aliphatic heterocycles. The van der Waals surface area contributed by atoms with Crippen LogP contribution in [-0.4, -0.2) is 24.2 Å². The SMILES string of the molecule is C=NN(/C=C(\C)CCl)CC1CC1. The molecule has 0 amide bonds. The molecule has 0 unspecified atom stereocenters. The topological polar surface area (TPSA) is 15.6 Å². The van der Waals surface area contributed by atoms with E-state index >= 15 is 0 Å². The molecule has 0 radical (unpaired) electrons. The highest BCUT2D eigenvalue weighted by atomic mass is 35.5. The van der Waals surface area contributed by atoms with Crippen LogP contribution in [0.1, 0.15) is 19.8 Å². The first-order valence-corrected chi connectivity index (χ1v) is 4.76. The number of hydrazone groups is 1. The fraction of sp³-hybridized carbons (Fsp3) is 0.667. The van der Waals surface area contributed by atoms with Gasteiger partial charge in [-0.25, -0.2) is 0 Å². The summed E-state index contributed by atoms with van der Waals surface area (Å²) in [6.45, 7) is 6.51. The van der Waals surface area contributed by atoms with Crippen LogP contribution >= 0.6 is 11.6 Å². The van der Waals surface area contributed by atoms with Gasteiger partial charge in [0.15, 0.2) is 0 Å². The summed E-state index contributed by atoms with van der Waals surface area (Å²) in [6, 6.07) is 0. The molecule has 1 saturated carbocycles. The molecule has 1 aliphatic rings. The standard InChI is InChI=1S/C9H15ClN2/c1-8(5-10)6-12(11-2)7-9-3-4-9/h6,9H,2-5,7H2,1H3/b8-6+. The zero-order valence-electron chi connectivity index (χ0n) is 7.46. The summed E-state index contributed by atoms with van der Waals surface area (Å²) in [5, 5.41) is 5.79. The summed E-state index contributed by atoms with van der Waals surface area (Å²) in [5.74, 6) is 1.39. The van der Waals surface area contributed by atoms with Crippen molar-refractivity contribution in [1.29, 1.82) is 0 Å². The Labute approximate surface area is 78.9 Å². The number of hydrogen-bond donors (Lipinski definition) is 0. The molecule has 1 fully saturated rings. The van der Waals surface area contributed by atoms with Crippen molar-refractivity contribution in [3.63, 3.8) is 0 Å². The van der Waals surface area contributed by atoms with E-state index in [1.165, 1.54) is 12.8 Å². The Morgan fingerprint density at radius 3 is 2.83 bits per heavy atom. The summed E-state index contributed by atoms with van der Waals surface area (Å²) in [4.78, 5) is 0. The minimum atomic E-state index is 0.566. The predicted molar refractivity (Wildman–Crippen MR) is 53.5 cm³/mol. The average molecular weight is 187 g/mol. The van der Waals surface area contributed by atoms with Gasteiger partial charge in [0.25, 0.3) is 0 Å². The molecule has 0 spiro atoms. The number of nitrogens with zero attached hydrogens (tertiary/aromatic N) is 2. The molecule has 0 N–H and O–H groups in total. The molecule has 0 aromatic carbocycles. The smallest absolute Gasteiger partial charge is 0.0448 e. The van der Waals surface area contributed by atoms with Crippen molar-refractivity contribution in [1.82, 2.24) is 5.01 Å². The lowest BCUT2D eigenvalue weighted by Crippen LogP contribution is -2.13. The van der Waals surface area contributed by atoms with Gasteiger partial charge >= 0.3 is 0 Å². The van der Waals surface area contributed by atoms with Gasteiger partial charge in [0.2, 0.25) is 0 Å². The second-order valence-corrected chi connectivity index (χ2v) is 3.58. The van der Waals surface area contributed by atoms with Crippen molar-refractivity contribution in [3.8, 4) is 0 Å². The lowest BCUT2D eigenvalue weighted by Gasteiger charge is -2.13. The number of halogens is 1. The van der Waals surface area contributed by atoms with Crippen LogP contribution in [0.2, 0.25) is 0 Å². The molecule has 12 heavy (non-hydrogen) atoms. The zero-order valence-corrected chi connectivity index (χ0v) is 8.22. The van der Waals surface area contributed by atoms with E-state index < -0.39 is 0 Å². The van der Waals surface area contributed by atoms with Crippen LogP contribution in [0.15, 0.2) is 16.9 Å². The van der Waals surface area contributed by atoms with Gasteiger partial charge in [0, 0.05) is 25.3 Å². The monoisotopic (exact) mass is 186 g/mol. The highest BCUT2D eigenvalue weighted by Gasteiger charge is 2.22. The Morgan fingerprint density at radius 1 is 1.75 bits per heavy atom. The summed E-state index contributed by atoms with van der Waals surface area (Å²) < 4.78 is 0. The van der Waals surface area contributed by atoms with Crippen molar-refractivity contribution in [3.05, 3.63) is 11.8 Å². The molecule has 1 rings (SSSR count). The fourth-order valence-corrected chi connectivity index (χ4v) is 1.07. The molecule has 1 aliphatic carbocycles. The van der Waals surface area contributed by atoms with Crippen LogP contribution in [0.3, 0.4) is 0 Å². The van der Waals surface area contributed by atoms with Gasteiger partial charge in [0.05, 0.1) is 0 Å². The maximum atomic E-state index is 5.65. The van der Waals surface area contributed by atoms with E-state index in [-0.39, 0.29) is 0 Å². The van der Waals surface area contributed by atoms with Crippen molar-refractivity contribution in [2.24, 2.45) is 11.0 Å². The Bertz CT molecular complexity index is 185. The van der Waals surface area contributed by atoms with E-state index in [9.17, 15) is 0 Å². The first-order chi connectivity index (χ1) is 5.76. The lowest BCUT2D eigenvalue weighted by atomic mass is 10.3. The third-order valence-corrected chi connectivity index (χ3v) is 2.33. The van der Waals surface area contributed by atoms with Crippen molar-refractivity contribution in [2.75, 3.05) is 12.4 Å². The van der Waals surface area contributed by atoms with Crippen LogP contribution in [0.5, 0.6) is 0 Å². The van der Waals surface area contributed by atoms with Gasteiger partial charge < -0.3 is 0 Å². The Balaban J connectivity index is 2.37. The molecule has 0 heterocycles. The average Bonchev–Trinajstić information content (AvgIpc) is 2.86. The van der Waals surface area contributed by atoms with Crippen LogP contribution < -0.4 is 0 Å². The quantitative estimate of drug-likeness (QED) is 0.366. The van der Waals surface area contributed by atoms with Gasteiger partial charge in [-0.3, -0.25) is 5.01 Å². The minimum absolute atomic E-state index is 0.566. The molecule has 0 atom stereocenters. The maximum absolute atomic E-state index is 5.65. The van der Waals surface area contributed by atoms with Gasteiger partial charge in [0.1, 0.15) is 0 Å². The van der Waals surface area contributed by atoms with Gasteiger partial charge in [-0.15, -0.1) is 11.6 Å². The molecular formula is C9H15ClN2. The molecule has 0 aromatic heterocycles. The summed E-state index contributed by atoms with van der Waals surface area (Å²) in [7, 11) is 0. The Kier molecular flexibility index (Phi) is 3.60. The molecule has 68 valence electrons. The molecule has 2 nitrogen and oxygen atoms in total. The van der Waals surface area contributed by atoms with Crippen LogP contribution in [0.4, 0.5) is 0 Å². The summed E-state index contributed by atoms with van der Waals surface area (Å²) >= 11 is 5.65. The van der Waals surface area contributed by atoms with Gasteiger partial charge in [-0.1, -0.05) is 0 Å². The van der Waals surface area contributed by atoms with E-state index in [4.69, 9.17) is 11.6 Å². The molecule has 3 heteroatoms. The van der Waals surface area contributed by atoms with E-state index in [0.29, 0.717) is 5.88 Å². The summed E-state index contributed by atoms with van der Waals surface area (Å²) in [6.07, 6.45) is 4.64. The van der Waals surface area contributed by atoms with Crippen LogP contribution in [0.25, 0.3) is 0 Å². The highest BCUT2D eigenvalue weighted by molar-refractivity contribution is 6.19. The normalized spacial score (nSPS) is 17.7. The van der Waals surface area contributed by atoms with Crippen molar-refractivity contribution in [2.45, 2.75) is 19.8 Å². The second-order valence-electron chi connectivity index (χ2n) is 3.32.